The van der Waals surface area contributed by atoms with Crippen molar-refractivity contribution < 1.29 is 4.79 Å². The number of benzene rings is 1. The van der Waals surface area contributed by atoms with E-state index in [1.54, 1.807) is 11.3 Å². The topological polar surface area (TPSA) is 17.1 Å². The van der Waals surface area contributed by atoms with Crippen LogP contribution in [-0.4, -0.2) is 6.29 Å². The molecule has 0 radical (unpaired) electrons. The standard InChI is InChI=1S/C13H12OS/c14-10-12(13-7-4-8-15-13)9-11-5-2-1-3-6-11/h1-8,10,12H,9H2. The molecule has 0 spiro atoms. The third-order valence-corrected chi connectivity index (χ3v) is 3.38. The molecule has 0 fully saturated rings. The van der Waals surface area contributed by atoms with Gasteiger partial charge in [0, 0.05) is 4.88 Å². The Hall–Kier alpha value is -1.41. The molecule has 1 aromatic carbocycles. The first kappa shape index (κ1) is 10.1. The van der Waals surface area contributed by atoms with Crippen LogP contribution in [0.15, 0.2) is 47.8 Å². The summed E-state index contributed by atoms with van der Waals surface area (Å²) in [5.41, 5.74) is 1.21. The summed E-state index contributed by atoms with van der Waals surface area (Å²) in [6.45, 7) is 0. The van der Waals surface area contributed by atoms with Crippen molar-refractivity contribution in [2.45, 2.75) is 12.3 Å². The molecule has 1 heterocycles. The van der Waals surface area contributed by atoms with Gasteiger partial charge in [-0.25, -0.2) is 0 Å². The second-order valence-corrected chi connectivity index (χ2v) is 4.43. The lowest BCUT2D eigenvalue weighted by Gasteiger charge is -2.07. The minimum Gasteiger partial charge on any atom is -0.303 e. The molecule has 0 saturated carbocycles. The Morgan fingerprint density at radius 2 is 1.93 bits per heavy atom. The molecule has 0 N–H and O–H groups in total. The highest BCUT2D eigenvalue weighted by Crippen LogP contribution is 2.23. The van der Waals surface area contributed by atoms with Gasteiger partial charge in [-0.1, -0.05) is 36.4 Å². The molecule has 1 aromatic heterocycles. The zero-order valence-corrected chi connectivity index (χ0v) is 9.11. The average molecular weight is 216 g/mol. The fourth-order valence-electron chi connectivity index (χ4n) is 1.59. The second-order valence-electron chi connectivity index (χ2n) is 3.45. The van der Waals surface area contributed by atoms with Crippen LogP contribution in [0.4, 0.5) is 0 Å². The first-order chi connectivity index (χ1) is 7.40. The van der Waals surface area contributed by atoms with Crippen LogP contribution < -0.4 is 0 Å². The van der Waals surface area contributed by atoms with Crippen LogP contribution in [0.1, 0.15) is 16.4 Å². The van der Waals surface area contributed by atoms with Crippen LogP contribution in [0, 0.1) is 0 Å². The average Bonchev–Trinajstić information content (AvgIpc) is 2.81. The van der Waals surface area contributed by atoms with Gasteiger partial charge >= 0.3 is 0 Å². The molecule has 76 valence electrons. The number of aldehydes is 1. The van der Waals surface area contributed by atoms with Crippen LogP contribution in [0.5, 0.6) is 0 Å². The second kappa shape index (κ2) is 4.89. The molecule has 0 saturated heterocycles. The molecular formula is C13H12OS. The summed E-state index contributed by atoms with van der Waals surface area (Å²) in [5, 5.41) is 2.01. The molecule has 1 nitrogen and oxygen atoms in total. The largest absolute Gasteiger partial charge is 0.303 e. The van der Waals surface area contributed by atoms with Crippen molar-refractivity contribution in [2.24, 2.45) is 0 Å². The van der Waals surface area contributed by atoms with Crippen molar-refractivity contribution in [3.05, 3.63) is 58.3 Å². The predicted octanol–water partition coefficient (Wildman–Crippen LogP) is 3.27. The summed E-state index contributed by atoms with van der Waals surface area (Å²) >= 11 is 1.64. The number of hydrogen-bond acceptors (Lipinski definition) is 2. The maximum atomic E-state index is 11.0. The maximum Gasteiger partial charge on any atom is 0.128 e. The van der Waals surface area contributed by atoms with E-state index >= 15 is 0 Å². The van der Waals surface area contributed by atoms with E-state index in [4.69, 9.17) is 0 Å². The Labute approximate surface area is 93.4 Å². The van der Waals surface area contributed by atoms with E-state index in [1.165, 1.54) is 5.56 Å². The van der Waals surface area contributed by atoms with Crippen LogP contribution in [-0.2, 0) is 11.2 Å². The van der Waals surface area contributed by atoms with Gasteiger partial charge in [0.15, 0.2) is 0 Å². The van der Waals surface area contributed by atoms with Crippen molar-refractivity contribution in [3.8, 4) is 0 Å². The van der Waals surface area contributed by atoms with Gasteiger partial charge in [-0.2, -0.15) is 0 Å². The molecule has 0 aliphatic carbocycles. The summed E-state index contributed by atoms with van der Waals surface area (Å²) in [6, 6.07) is 14.1. The van der Waals surface area contributed by atoms with E-state index in [1.807, 2.05) is 35.7 Å². The lowest BCUT2D eigenvalue weighted by Crippen LogP contribution is -2.02. The maximum absolute atomic E-state index is 11.0. The first-order valence-electron chi connectivity index (χ1n) is 4.93. The van der Waals surface area contributed by atoms with E-state index in [0.29, 0.717) is 0 Å². The van der Waals surface area contributed by atoms with Crippen LogP contribution in [0.3, 0.4) is 0 Å². The highest BCUT2D eigenvalue weighted by atomic mass is 32.1. The molecule has 1 atom stereocenters. The summed E-state index contributed by atoms with van der Waals surface area (Å²) in [4.78, 5) is 12.2. The van der Waals surface area contributed by atoms with Crippen molar-refractivity contribution in [1.29, 1.82) is 0 Å². The molecule has 0 aliphatic heterocycles. The van der Waals surface area contributed by atoms with Crippen molar-refractivity contribution in [1.82, 2.24) is 0 Å². The fraction of sp³-hybridized carbons (Fsp3) is 0.154. The Morgan fingerprint density at radius 3 is 2.53 bits per heavy atom. The van der Waals surface area contributed by atoms with Crippen LogP contribution in [0.2, 0.25) is 0 Å². The minimum atomic E-state index is 0.00685. The monoisotopic (exact) mass is 216 g/mol. The number of thiophene rings is 1. The number of carbonyl (C=O) groups is 1. The molecule has 2 aromatic rings. The molecule has 0 amide bonds. The smallest absolute Gasteiger partial charge is 0.128 e. The lowest BCUT2D eigenvalue weighted by molar-refractivity contribution is -0.109. The molecular weight excluding hydrogens is 204 g/mol. The lowest BCUT2D eigenvalue weighted by atomic mass is 9.99. The highest BCUT2D eigenvalue weighted by molar-refractivity contribution is 7.10. The zero-order valence-electron chi connectivity index (χ0n) is 8.30. The molecule has 2 rings (SSSR count). The van der Waals surface area contributed by atoms with Gasteiger partial charge in [-0.3, -0.25) is 0 Å². The van der Waals surface area contributed by atoms with E-state index in [2.05, 4.69) is 12.1 Å². The van der Waals surface area contributed by atoms with Gasteiger partial charge < -0.3 is 4.79 Å². The van der Waals surface area contributed by atoms with E-state index in [9.17, 15) is 4.79 Å². The summed E-state index contributed by atoms with van der Waals surface area (Å²) in [6.07, 6.45) is 1.84. The first-order valence-corrected chi connectivity index (χ1v) is 5.81. The van der Waals surface area contributed by atoms with Gasteiger partial charge in [0.1, 0.15) is 6.29 Å². The van der Waals surface area contributed by atoms with Crippen molar-refractivity contribution in [3.63, 3.8) is 0 Å². The Kier molecular flexibility index (Phi) is 3.30. The predicted molar refractivity (Wildman–Crippen MR) is 63.3 cm³/mol. The number of hydrogen-bond donors (Lipinski definition) is 0. The summed E-state index contributed by atoms with van der Waals surface area (Å²) in [7, 11) is 0. The van der Waals surface area contributed by atoms with Gasteiger partial charge in [-0.15, -0.1) is 11.3 Å². The Morgan fingerprint density at radius 1 is 1.13 bits per heavy atom. The van der Waals surface area contributed by atoms with Gasteiger partial charge in [0.05, 0.1) is 5.92 Å². The molecule has 0 bridgehead atoms. The zero-order chi connectivity index (χ0) is 10.5. The molecule has 0 aliphatic rings. The van der Waals surface area contributed by atoms with E-state index in [0.717, 1.165) is 17.6 Å². The van der Waals surface area contributed by atoms with Crippen molar-refractivity contribution >= 4 is 17.6 Å². The van der Waals surface area contributed by atoms with Crippen LogP contribution >= 0.6 is 11.3 Å². The molecule has 2 heteroatoms. The molecule has 15 heavy (non-hydrogen) atoms. The van der Waals surface area contributed by atoms with Gasteiger partial charge in [0.25, 0.3) is 0 Å². The fourth-order valence-corrected chi connectivity index (χ4v) is 2.37. The van der Waals surface area contributed by atoms with Crippen molar-refractivity contribution in [2.75, 3.05) is 0 Å². The number of rotatable bonds is 4. The highest BCUT2D eigenvalue weighted by Gasteiger charge is 2.11. The third-order valence-electron chi connectivity index (χ3n) is 2.37. The number of carbonyl (C=O) groups excluding carboxylic acids is 1. The van der Waals surface area contributed by atoms with Gasteiger partial charge in [0.2, 0.25) is 0 Å². The minimum absolute atomic E-state index is 0.00685. The Bertz CT molecular complexity index is 405. The third kappa shape index (κ3) is 2.54. The normalized spacial score (nSPS) is 12.3. The quantitative estimate of drug-likeness (QED) is 0.717. The van der Waals surface area contributed by atoms with E-state index < -0.39 is 0 Å². The Balaban J connectivity index is 2.13. The van der Waals surface area contributed by atoms with E-state index in [-0.39, 0.29) is 5.92 Å². The molecule has 1 unspecified atom stereocenters. The van der Waals surface area contributed by atoms with Gasteiger partial charge in [-0.05, 0) is 23.4 Å². The van der Waals surface area contributed by atoms with Crippen LogP contribution in [0.25, 0.3) is 0 Å². The SMILES string of the molecule is O=CC(Cc1ccccc1)c1cccs1. The summed E-state index contributed by atoms with van der Waals surface area (Å²) in [5.74, 6) is 0.00685. The summed E-state index contributed by atoms with van der Waals surface area (Å²) < 4.78 is 0.